The zero-order valence-electron chi connectivity index (χ0n) is 15.6. The van der Waals surface area contributed by atoms with Crippen LogP contribution in [0.25, 0.3) is 0 Å². The highest BCUT2D eigenvalue weighted by Crippen LogP contribution is 2.37. The Morgan fingerprint density at radius 2 is 1.87 bits per heavy atom. The molecule has 0 aromatic rings. The van der Waals surface area contributed by atoms with E-state index in [0.29, 0.717) is 19.6 Å². The highest BCUT2D eigenvalue weighted by atomic mass is 16.5. The first-order chi connectivity index (χ1) is 10.6. The highest BCUT2D eigenvalue weighted by molar-refractivity contribution is 5.69. The van der Waals surface area contributed by atoms with Crippen LogP contribution in [0.15, 0.2) is 0 Å². The van der Waals surface area contributed by atoms with Gasteiger partial charge in [-0.1, -0.05) is 6.92 Å². The van der Waals surface area contributed by atoms with E-state index in [1.807, 2.05) is 13.8 Å². The smallest absolute Gasteiger partial charge is 0.305 e. The molecule has 0 spiro atoms. The third kappa shape index (κ3) is 6.16. The van der Waals surface area contributed by atoms with Gasteiger partial charge in [0, 0.05) is 30.0 Å². The minimum Gasteiger partial charge on any atom is -0.464 e. The second-order valence-electron chi connectivity index (χ2n) is 7.89. The van der Waals surface area contributed by atoms with Crippen LogP contribution in [0.1, 0.15) is 67.2 Å². The summed E-state index contributed by atoms with van der Waals surface area (Å²) in [5.74, 6) is 5.99. The van der Waals surface area contributed by atoms with Crippen LogP contribution >= 0.6 is 0 Å². The maximum absolute atomic E-state index is 11.8. The molecule has 1 aliphatic rings. The first kappa shape index (κ1) is 20.0. The van der Waals surface area contributed by atoms with Crippen molar-refractivity contribution in [1.82, 2.24) is 4.90 Å². The van der Waals surface area contributed by atoms with Gasteiger partial charge in [0.15, 0.2) is 0 Å². The lowest BCUT2D eigenvalue weighted by Crippen LogP contribution is -2.62. The Bertz CT molecular complexity index is 441. The Balaban J connectivity index is 2.44. The Hall–Kier alpha value is -1.05. The van der Waals surface area contributed by atoms with E-state index in [1.165, 1.54) is 0 Å². The number of rotatable bonds is 6. The summed E-state index contributed by atoms with van der Waals surface area (Å²) in [6.45, 7) is 13.5. The normalized spacial score (nSPS) is 22.0. The number of piperidine rings is 1. The van der Waals surface area contributed by atoms with Gasteiger partial charge in [-0.2, -0.15) is 0 Å². The summed E-state index contributed by atoms with van der Waals surface area (Å²) in [7, 11) is 0. The van der Waals surface area contributed by atoms with Crippen molar-refractivity contribution < 1.29 is 14.6 Å². The van der Waals surface area contributed by atoms with Crippen LogP contribution < -0.4 is 0 Å². The number of likely N-dealkylation sites (tertiary alicyclic amines) is 1. The topological polar surface area (TPSA) is 49.8 Å². The predicted octanol–water partition coefficient (Wildman–Crippen LogP) is 2.98. The van der Waals surface area contributed by atoms with Crippen molar-refractivity contribution in [2.45, 2.75) is 84.4 Å². The van der Waals surface area contributed by atoms with E-state index in [-0.39, 0.29) is 29.1 Å². The zero-order chi connectivity index (χ0) is 17.7. The number of hydrogen-bond donors (Lipinski definition) is 1. The number of aliphatic hydroxyl groups is 1. The van der Waals surface area contributed by atoms with Gasteiger partial charge in [0.25, 0.3) is 0 Å². The standard InChI is InChI=1S/C19H33NO3/c1-7-8-15(2)9-10-17(22)23-12-11-20-18(3,4)13-16(21)14-19(20,5)6/h15-16,21H,9-14H2,1-6H3. The Kier molecular flexibility index (Phi) is 7.10. The fourth-order valence-electron chi connectivity index (χ4n) is 3.85. The largest absolute Gasteiger partial charge is 0.464 e. The van der Waals surface area contributed by atoms with E-state index in [9.17, 15) is 9.90 Å². The average Bonchev–Trinajstić information content (AvgIpc) is 2.38. The third-order valence-corrected chi connectivity index (χ3v) is 4.68. The molecule has 1 saturated heterocycles. The summed E-state index contributed by atoms with van der Waals surface area (Å²) in [5.41, 5.74) is -0.197. The van der Waals surface area contributed by atoms with Gasteiger partial charge in [-0.25, -0.2) is 0 Å². The molecular formula is C19H33NO3. The van der Waals surface area contributed by atoms with Crippen molar-refractivity contribution in [3.05, 3.63) is 0 Å². The fraction of sp³-hybridized carbons (Fsp3) is 0.842. The predicted molar refractivity (Wildman–Crippen MR) is 92.9 cm³/mol. The number of ether oxygens (including phenoxy) is 1. The van der Waals surface area contributed by atoms with Crippen molar-refractivity contribution in [3.8, 4) is 11.8 Å². The first-order valence-corrected chi connectivity index (χ1v) is 8.62. The maximum Gasteiger partial charge on any atom is 0.305 e. The molecule has 0 saturated carbocycles. The van der Waals surface area contributed by atoms with Crippen LogP contribution in [0.2, 0.25) is 0 Å². The summed E-state index contributed by atoms with van der Waals surface area (Å²) in [6, 6.07) is 0. The van der Waals surface area contributed by atoms with Crippen LogP contribution in [0.5, 0.6) is 0 Å². The molecule has 132 valence electrons. The van der Waals surface area contributed by atoms with Crippen molar-refractivity contribution in [2.24, 2.45) is 5.92 Å². The summed E-state index contributed by atoms with van der Waals surface area (Å²) in [5, 5.41) is 10.1. The van der Waals surface area contributed by atoms with Crippen molar-refractivity contribution in [1.29, 1.82) is 0 Å². The Morgan fingerprint density at radius 3 is 2.39 bits per heavy atom. The number of aliphatic hydroxyl groups excluding tert-OH is 1. The quantitative estimate of drug-likeness (QED) is 0.603. The molecule has 4 nitrogen and oxygen atoms in total. The molecule has 1 unspecified atom stereocenters. The molecule has 0 radical (unpaired) electrons. The summed E-state index contributed by atoms with van der Waals surface area (Å²) < 4.78 is 5.40. The number of carbonyl (C=O) groups is 1. The maximum atomic E-state index is 11.8. The molecule has 1 heterocycles. The zero-order valence-corrected chi connectivity index (χ0v) is 15.6. The molecule has 1 aliphatic heterocycles. The van der Waals surface area contributed by atoms with Crippen LogP contribution in [0.3, 0.4) is 0 Å². The van der Waals surface area contributed by atoms with E-state index < -0.39 is 0 Å². The molecular weight excluding hydrogens is 290 g/mol. The van der Waals surface area contributed by atoms with Gasteiger partial charge in [0.1, 0.15) is 6.61 Å². The van der Waals surface area contributed by atoms with Crippen LogP contribution in [-0.2, 0) is 9.53 Å². The van der Waals surface area contributed by atoms with Gasteiger partial charge in [-0.3, -0.25) is 9.69 Å². The van der Waals surface area contributed by atoms with Crippen molar-refractivity contribution in [2.75, 3.05) is 13.2 Å². The summed E-state index contributed by atoms with van der Waals surface area (Å²) >= 11 is 0. The molecule has 0 amide bonds. The number of hydrogen-bond acceptors (Lipinski definition) is 4. The highest BCUT2D eigenvalue weighted by Gasteiger charge is 2.44. The van der Waals surface area contributed by atoms with Gasteiger partial charge >= 0.3 is 5.97 Å². The van der Waals surface area contributed by atoms with Crippen LogP contribution in [-0.4, -0.2) is 46.3 Å². The van der Waals surface area contributed by atoms with Crippen LogP contribution in [0, 0.1) is 17.8 Å². The third-order valence-electron chi connectivity index (χ3n) is 4.68. The second kappa shape index (κ2) is 8.17. The van der Waals surface area contributed by atoms with Gasteiger partial charge in [0.2, 0.25) is 0 Å². The molecule has 0 bridgehead atoms. The molecule has 0 aliphatic carbocycles. The van der Waals surface area contributed by atoms with E-state index in [0.717, 1.165) is 19.3 Å². The van der Waals surface area contributed by atoms with Gasteiger partial charge in [0.05, 0.1) is 6.10 Å². The van der Waals surface area contributed by atoms with E-state index >= 15 is 0 Å². The average molecular weight is 323 g/mol. The minimum atomic E-state index is -0.264. The monoisotopic (exact) mass is 323 g/mol. The lowest BCUT2D eigenvalue weighted by Gasteiger charge is -2.54. The lowest BCUT2D eigenvalue weighted by atomic mass is 9.78. The van der Waals surface area contributed by atoms with Gasteiger partial charge in [-0.05, 0) is 53.9 Å². The van der Waals surface area contributed by atoms with Gasteiger partial charge < -0.3 is 9.84 Å². The van der Waals surface area contributed by atoms with Crippen molar-refractivity contribution in [3.63, 3.8) is 0 Å². The summed E-state index contributed by atoms with van der Waals surface area (Å²) in [6.07, 6.45) is 2.39. The molecule has 1 fully saturated rings. The van der Waals surface area contributed by atoms with E-state index in [1.54, 1.807) is 0 Å². The molecule has 1 rings (SSSR count). The molecule has 4 heteroatoms. The SMILES string of the molecule is CC#CC(C)CCC(=O)OCCN1C(C)(C)CC(O)CC1(C)C. The van der Waals surface area contributed by atoms with E-state index in [4.69, 9.17) is 4.74 Å². The number of nitrogens with zero attached hydrogens (tertiary/aromatic N) is 1. The summed E-state index contributed by atoms with van der Waals surface area (Å²) in [4.78, 5) is 14.2. The number of esters is 1. The lowest BCUT2D eigenvalue weighted by molar-refractivity contribution is -0.147. The van der Waals surface area contributed by atoms with Crippen LogP contribution in [0.4, 0.5) is 0 Å². The molecule has 1 atom stereocenters. The van der Waals surface area contributed by atoms with Crippen molar-refractivity contribution >= 4 is 5.97 Å². The fourth-order valence-corrected chi connectivity index (χ4v) is 3.85. The second-order valence-corrected chi connectivity index (χ2v) is 7.89. The Morgan fingerprint density at radius 1 is 1.30 bits per heavy atom. The molecule has 0 aromatic heterocycles. The van der Waals surface area contributed by atoms with Gasteiger partial charge in [-0.15, -0.1) is 11.8 Å². The molecule has 23 heavy (non-hydrogen) atoms. The number of carbonyl (C=O) groups excluding carboxylic acids is 1. The molecule has 0 aromatic carbocycles. The first-order valence-electron chi connectivity index (χ1n) is 8.62. The minimum absolute atomic E-state index is 0.0984. The van der Waals surface area contributed by atoms with E-state index in [2.05, 4.69) is 44.4 Å². The Labute approximate surface area is 141 Å². The molecule has 1 N–H and O–H groups in total.